The zero-order chi connectivity index (χ0) is 20.8. The van der Waals surface area contributed by atoms with Gasteiger partial charge in [-0.1, -0.05) is 24.3 Å². The van der Waals surface area contributed by atoms with Crippen LogP contribution in [-0.4, -0.2) is 49.0 Å². The SMILES string of the molecule is CN=C(NCc1cccc(-n2cccn2)c1)NC1CCN(c2ccccc2OC)C1. The highest BCUT2D eigenvalue weighted by atomic mass is 16.5. The van der Waals surface area contributed by atoms with E-state index in [1.807, 2.05) is 42.2 Å². The van der Waals surface area contributed by atoms with Crippen LogP contribution in [0.1, 0.15) is 12.0 Å². The summed E-state index contributed by atoms with van der Waals surface area (Å²) in [5, 5.41) is 11.3. The Labute approximate surface area is 177 Å². The van der Waals surface area contributed by atoms with Crippen molar-refractivity contribution in [1.82, 2.24) is 20.4 Å². The number of methoxy groups -OCH3 is 1. The molecule has 1 fully saturated rings. The summed E-state index contributed by atoms with van der Waals surface area (Å²) >= 11 is 0. The van der Waals surface area contributed by atoms with E-state index in [1.54, 1.807) is 13.3 Å². The topological polar surface area (TPSA) is 66.7 Å². The van der Waals surface area contributed by atoms with Crippen LogP contribution in [0.3, 0.4) is 0 Å². The van der Waals surface area contributed by atoms with Gasteiger partial charge in [0.1, 0.15) is 5.75 Å². The molecule has 2 N–H and O–H groups in total. The van der Waals surface area contributed by atoms with Crippen LogP contribution < -0.4 is 20.3 Å². The first-order chi connectivity index (χ1) is 14.8. The predicted octanol–water partition coefficient (Wildman–Crippen LogP) is 2.82. The number of rotatable bonds is 6. The molecule has 3 aromatic rings. The molecule has 1 aliphatic heterocycles. The van der Waals surface area contributed by atoms with E-state index >= 15 is 0 Å². The fourth-order valence-corrected chi connectivity index (χ4v) is 3.79. The molecule has 1 unspecified atom stereocenters. The van der Waals surface area contributed by atoms with E-state index in [0.29, 0.717) is 12.6 Å². The molecule has 0 bridgehead atoms. The largest absolute Gasteiger partial charge is 0.495 e. The van der Waals surface area contributed by atoms with Gasteiger partial charge < -0.3 is 20.3 Å². The quantitative estimate of drug-likeness (QED) is 0.489. The highest BCUT2D eigenvalue weighted by molar-refractivity contribution is 5.80. The fourth-order valence-electron chi connectivity index (χ4n) is 3.79. The second-order valence-electron chi connectivity index (χ2n) is 7.29. The molecule has 156 valence electrons. The van der Waals surface area contributed by atoms with E-state index in [1.165, 1.54) is 5.56 Å². The molecular weight excluding hydrogens is 376 g/mol. The highest BCUT2D eigenvalue weighted by Crippen LogP contribution is 2.30. The number of ether oxygens (including phenoxy) is 1. The van der Waals surface area contributed by atoms with Gasteiger partial charge >= 0.3 is 0 Å². The van der Waals surface area contributed by atoms with Gasteiger partial charge in [0.05, 0.1) is 18.5 Å². The molecule has 0 saturated carbocycles. The first kappa shape index (κ1) is 19.8. The molecule has 4 rings (SSSR count). The molecule has 30 heavy (non-hydrogen) atoms. The zero-order valence-electron chi connectivity index (χ0n) is 17.5. The van der Waals surface area contributed by atoms with E-state index in [4.69, 9.17) is 4.74 Å². The fraction of sp³-hybridized carbons (Fsp3) is 0.304. The van der Waals surface area contributed by atoms with Crippen molar-refractivity contribution in [3.63, 3.8) is 0 Å². The van der Waals surface area contributed by atoms with Gasteiger partial charge in [0.15, 0.2) is 5.96 Å². The minimum Gasteiger partial charge on any atom is -0.495 e. The van der Waals surface area contributed by atoms with Gasteiger partial charge in [-0.2, -0.15) is 5.10 Å². The Kier molecular flexibility index (Phi) is 6.17. The summed E-state index contributed by atoms with van der Waals surface area (Å²) in [6.07, 6.45) is 4.78. The minimum atomic E-state index is 0.330. The molecule has 2 aromatic carbocycles. The molecule has 7 nitrogen and oxygen atoms in total. The van der Waals surface area contributed by atoms with Crippen LogP contribution >= 0.6 is 0 Å². The van der Waals surface area contributed by atoms with Crippen molar-refractivity contribution in [3.05, 3.63) is 72.6 Å². The van der Waals surface area contributed by atoms with Crippen molar-refractivity contribution < 1.29 is 4.74 Å². The first-order valence-electron chi connectivity index (χ1n) is 10.2. The summed E-state index contributed by atoms with van der Waals surface area (Å²) in [5.74, 6) is 1.73. The van der Waals surface area contributed by atoms with Gasteiger partial charge in [-0.25, -0.2) is 4.68 Å². The van der Waals surface area contributed by atoms with Crippen molar-refractivity contribution in [1.29, 1.82) is 0 Å². The smallest absolute Gasteiger partial charge is 0.191 e. The second kappa shape index (κ2) is 9.35. The van der Waals surface area contributed by atoms with Gasteiger partial charge in [0.25, 0.3) is 0 Å². The Balaban J connectivity index is 1.33. The molecule has 1 aliphatic rings. The molecule has 0 amide bonds. The molecule has 0 spiro atoms. The number of hydrogen-bond acceptors (Lipinski definition) is 4. The highest BCUT2D eigenvalue weighted by Gasteiger charge is 2.25. The lowest BCUT2D eigenvalue weighted by molar-refractivity contribution is 0.415. The maximum absolute atomic E-state index is 5.51. The summed E-state index contributed by atoms with van der Waals surface area (Å²) in [4.78, 5) is 6.76. The van der Waals surface area contributed by atoms with Crippen LogP contribution in [0.15, 0.2) is 72.0 Å². The summed E-state index contributed by atoms with van der Waals surface area (Å²) in [5.41, 5.74) is 3.36. The van der Waals surface area contributed by atoms with E-state index in [-0.39, 0.29) is 0 Å². The van der Waals surface area contributed by atoms with Crippen LogP contribution in [0.5, 0.6) is 5.75 Å². The molecule has 2 heterocycles. The molecule has 0 radical (unpaired) electrons. The normalized spacial score (nSPS) is 16.5. The van der Waals surface area contributed by atoms with Gasteiger partial charge in [0.2, 0.25) is 0 Å². The van der Waals surface area contributed by atoms with Crippen molar-refractivity contribution in [3.8, 4) is 11.4 Å². The van der Waals surface area contributed by atoms with E-state index < -0.39 is 0 Å². The average molecular weight is 405 g/mol. The van der Waals surface area contributed by atoms with Crippen molar-refractivity contribution in [2.75, 3.05) is 32.1 Å². The van der Waals surface area contributed by atoms with E-state index in [9.17, 15) is 0 Å². The first-order valence-corrected chi connectivity index (χ1v) is 10.2. The number of aliphatic imine (C=N–C) groups is 1. The maximum atomic E-state index is 5.51. The molecule has 0 aliphatic carbocycles. The molecule has 7 heteroatoms. The third-order valence-corrected chi connectivity index (χ3v) is 5.32. The third kappa shape index (κ3) is 4.56. The van der Waals surface area contributed by atoms with Crippen molar-refractivity contribution in [2.45, 2.75) is 19.0 Å². The van der Waals surface area contributed by atoms with Crippen molar-refractivity contribution >= 4 is 11.6 Å². The number of nitrogens with one attached hydrogen (secondary N) is 2. The lowest BCUT2D eigenvalue weighted by Gasteiger charge is -2.22. The Morgan fingerprint density at radius 3 is 2.90 bits per heavy atom. The van der Waals surface area contributed by atoms with Gasteiger partial charge in [-0.15, -0.1) is 0 Å². The third-order valence-electron chi connectivity index (χ3n) is 5.32. The van der Waals surface area contributed by atoms with Gasteiger partial charge in [-0.3, -0.25) is 4.99 Å². The van der Waals surface area contributed by atoms with Crippen molar-refractivity contribution in [2.24, 2.45) is 4.99 Å². The molecular formula is C23H28N6O. The van der Waals surface area contributed by atoms with Gasteiger partial charge in [-0.05, 0) is 42.3 Å². The van der Waals surface area contributed by atoms with Crippen LogP contribution in [0.4, 0.5) is 5.69 Å². The number of nitrogens with zero attached hydrogens (tertiary/aromatic N) is 4. The summed E-state index contributed by atoms with van der Waals surface area (Å²) in [7, 11) is 3.53. The molecule has 1 saturated heterocycles. The number of hydrogen-bond donors (Lipinski definition) is 2. The van der Waals surface area contributed by atoms with Crippen LogP contribution in [-0.2, 0) is 6.54 Å². The van der Waals surface area contributed by atoms with Gasteiger partial charge in [0, 0.05) is 45.1 Å². The Morgan fingerprint density at radius 1 is 1.20 bits per heavy atom. The van der Waals surface area contributed by atoms with Crippen LogP contribution in [0.25, 0.3) is 5.69 Å². The lowest BCUT2D eigenvalue weighted by atomic mass is 10.2. The predicted molar refractivity (Wildman–Crippen MR) is 121 cm³/mol. The Morgan fingerprint density at radius 2 is 2.10 bits per heavy atom. The zero-order valence-corrected chi connectivity index (χ0v) is 17.5. The average Bonchev–Trinajstić information content (AvgIpc) is 3.49. The molecule has 1 aromatic heterocycles. The Bertz CT molecular complexity index is 985. The standard InChI is InChI=1S/C23H28N6O/c1-24-23(25-16-18-7-5-8-20(15-18)29-13-6-12-26-29)27-19-11-14-28(17-19)21-9-3-4-10-22(21)30-2/h3-10,12-13,15,19H,11,14,16-17H2,1-2H3,(H2,24,25,27). The number of benzene rings is 2. The molecule has 1 atom stereocenters. The summed E-state index contributed by atoms with van der Waals surface area (Å²) in [6.45, 7) is 2.59. The Hall–Kier alpha value is -3.48. The minimum absolute atomic E-state index is 0.330. The number of guanidine groups is 1. The number of anilines is 1. The summed E-state index contributed by atoms with van der Waals surface area (Å²) in [6, 6.07) is 18.8. The monoisotopic (exact) mass is 404 g/mol. The lowest BCUT2D eigenvalue weighted by Crippen LogP contribution is -2.44. The van der Waals surface area contributed by atoms with Crippen LogP contribution in [0.2, 0.25) is 0 Å². The number of aromatic nitrogens is 2. The van der Waals surface area contributed by atoms with E-state index in [0.717, 1.165) is 42.6 Å². The maximum Gasteiger partial charge on any atom is 0.191 e. The van der Waals surface area contributed by atoms with Crippen LogP contribution in [0, 0.1) is 0 Å². The number of para-hydroxylation sites is 2. The summed E-state index contributed by atoms with van der Waals surface area (Å²) < 4.78 is 7.38. The van der Waals surface area contributed by atoms with E-state index in [2.05, 4.69) is 56.0 Å². The second-order valence-corrected chi connectivity index (χ2v) is 7.29.